The summed E-state index contributed by atoms with van der Waals surface area (Å²) in [6.07, 6.45) is 19.6. The Kier molecular flexibility index (Phi) is 8.11. The van der Waals surface area contributed by atoms with E-state index in [4.69, 9.17) is 0 Å². The number of hydrogen-bond donors (Lipinski definition) is 2. The number of piperidine rings is 2. The van der Waals surface area contributed by atoms with Crippen molar-refractivity contribution in [2.45, 2.75) is 83.5 Å². The van der Waals surface area contributed by atoms with Crippen LogP contribution in [0.2, 0.25) is 0 Å². The minimum Gasteiger partial charge on any atom is -0.347 e. The number of amides is 1. The van der Waals surface area contributed by atoms with Gasteiger partial charge in [-0.2, -0.15) is 0 Å². The fraction of sp³-hybridized carbons (Fsp3) is 0.581. The van der Waals surface area contributed by atoms with Crippen LogP contribution in [-0.2, 0) is 19.6 Å². The molecule has 2 saturated heterocycles. The number of likely N-dealkylation sites (tertiary alicyclic amines) is 2. The molecule has 3 aliphatic rings. The van der Waals surface area contributed by atoms with Crippen molar-refractivity contribution < 1.29 is 4.79 Å². The van der Waals surface area contributed by atoms with Crippen molar-refractivity contribution in [3.8, 4) is 0 Å². The van der Waals surface area contributed by atoms with E-state index in [1.165, 1.54) is 89.5 Å². The zero-order valence-electron chi connectivity index (χ0n) is 23.2. The molecular weight excluding hydrogens is 486 g/mol. The van der Waals surface area contributed by atoms with Crippen molar-refractivity contribution in [2.24, 2.45) is 5.41 Å². The molecule has 1 aromatic carbocycles. The number of aromatic amines is 2. The fourth-order valence-electron chi connectivity index (χ4n) is 7.02. The lowest BCUT2D eigenvalue weighted by atomic mass is 9.70. The van der Waals surface area contributed by atoms with E-state index >= 15 is 0 Å². The molecule has 0 radical (unpaired) electrons. The van der Waals surface area contributed by atoms with Crippen LogP contribution in [-0.4, -0.2) is 72.8 Å². The van der Waals surface area contributed by atoms with Gasteiger partial charge in [0.15, 0.2) is 0 Å². The second-order valence-corrected chi connectivity index (χ2v) is 12.0. The van der Waals surface area contributed by atoms with Gasteiger partial charge in [-0.25, -0.2) is 9.97 Å². The van der Waals surface area contributed by atoms with E-state index in [1.807, 2.05) is 12.1 Å². The molecule has 39 heavy (non-hydrogen) atoms. The second kappa shape index (κ2) is 12.0. The van der Waals surface area contributed by atoms with Gasteiger partial charge < -0.3 is 19.8 Å². The summed E-state index contributed by atoms with van der Waals surface area (Å²) in [5.74, 6) is 1.50. The number of hydrogen-bond acceptors (Lipinski definition) is 5. The van der Waals surface area contributed by atoms with Crippen molar-refractivity contribution in [3.63, 3.8) is 0 Å². The fourth-order valence-corrected chi connectivity index (χ4v) is 7.02. The van der Waals surface area contributed by atoms with Gasteiger partial charge in [0, 0.05) is 42.9 Å². The third-order valence-electron chi connectivity index (χ3n) is 9.55. The minimum absolute atomic E-state index is 0.0196. The number of rotatable bonds is 8. The first-order valence-corrected chi connectivity index (χ1v) is 15.0. The first kappa shape index (κ1) is 26.3. The zero-order valence-corrected chi connectivity index (χ0v) is 23.2. The number of nitrogens with zero attached hydrogens (tertiary/aromatic N) is 5. The first-order valence-electron chi connectivity index (χ1n) is 15.0. The lowest BCUT2D eigenvalue weighted by molar-refractivity contribution is 0.0117. The van der Waals surface area contributed by atoms with Gasteiger partial charge in [0.1, 0.15) is 11.6 Å². The van der Waals surface area contributed by atoms with Gasteiger partial charge in [0.25, 0.3) is 5.91 Å². The summed E-state index contributed by atoms with van der Waals surface area (Å²) >= 11 is 0. The number of nitrogens with one attached hydrogen (secondary N) is 2. The Morgan fingerprint density at radius 3 is 2.00 bits per heavy atom. The van der Waals surface area contributed by atoms with Crippen LogP contribution in [0.3, 0.4) is 0 Å². The molecule has 208 valence electrons. The largest absolute Gasteiger partial charge is 0.347 e. The maximum absolute atomic E-state index is 13.4. The highest BCUT2D eigenvalue weighted by atomic mass is 16.2. The van der Waals surface area contributed by atoms with Crippen LogP contribution in [0, 0.1) is 5.41 Å². The van der Waals surface area contributed by atoms with Crippen LogP contribution in [0.1, 0.15) is 85.4 Å². The van der Waals surface area contributed by atoms with Crippen LogP contribution in [0.4, 0.5) is 0 Å². The van der Waals surface area contributed by atoms with E-state index < -0.39 is 0 Å². The second-order valence-electron chi connectivity index (χ2n) is 12.0. The summed E-state index contributed by atoms with van der Waals surface area (Å²) < 4.78 is 0. The molecule has 8 heteroatoms. The van der Waals surface area contributed by atoms with Gasteiger partial charge in [0.05, 0.1) is 13.1 Å². The SMILES string of the molecule is O=C(c1ccc(CN2CCC3(CC2)CCN(C2CCCCC2)CC3)cc1)N(Cc1ncc[nH]1)Cc1ncc[nH]1. The predicted octanol–water partition coefficient (Wildman–Crippen LogP) is 4.99. The molecule has 3 fully saturated rings. The topological polar surface area (TPSA) is 84.2 Å². The number of carbonyl (C=O) groups excluding carboxylic acids is 1. The standard InChI is InChI=1S/C31H43N7O/c39-30(38(23-28-32-14-15-33-28)24-29-34-16-17-35-29)26-8-6-25(7-9-26)22-36-18-10-31(11-19-36)12-20-37(21-13-31)27-4-2-1-3-5-27/h6-9,14-17,27H,1-5,10-13,18-24H2,(H,32,33)(H,34,35). The van der Waals surface area contributed by atoms with E-state index in [0.717, 1.165) is 24.2 Å². The van der Waals surface area contributed by atoms with Crippen LogP contribution in [0.25, 0.3) is 0 Å². The number of benzene rings is 1. The van der Waals surface area contributed by atoms with E-state index in [2.05, 4.69) is 41.9 Å². The summed E-state index contributed by atoms with van der Waals surface area (Å²) in [5.41, 5.74) is 2.54. The first-order chi connectivity index (χ1) is 19.2. The van der Waals surface area contributed by atoms with E-state index in [0.29, 0.717) is 24.1 Å². The molecule has 1 saturated carbocycles. The maximum Gasteiger partial charge on any atom is 0.254 e. The van der Waals surface area contributed by atoms with Gasteiger partial charge in [-0.15, -0.1) is 0 Å². The molecule has 6 rings (SSSR count). The molecule has 0 bridgehead atoms. The third-order valence-corrected chi connectivity index (χ3v) is 9.55. The maximum atomic E-state index is 13.4. The summed E-state index contributed by atoms with van der Waals surface area (Å²) in [4.78, 5) is 35.5. The van der Waals surface area contributed by atoms with Crippen LogP contribution >= 0.6 is 0 Å². The highest BCUT2D eigenvalue weighted by molar-refractivity contribution is 5.94. The molecule has 2 aliphatic heterocycles. The minimum atomic E-state index is -0.0196. The van der Waals surface area contributed by atoms with E-state index in [1.54, 1.807) is 29.7 Å². The molecule has 1 amide bonds. The Balaban J connectivity index is 1.01. The van der Waals surface area contributed by atoms with Gasteiger partial charge >= 0.3 is 0 Å². The average Bonchev–Trinajstić information content (AvgIpc) is 3.70. The lowest BCUT2D eigenvalue weighted by Gasteiger charge is -2.49. The summed E-state index contributed by atoms with van der Waals surface area (Å²) in [5, 5.41) is 0. The Labute approximate surface area is 232 Å². The molecule has 1 spiro atoms. The molecular formula is C31H43N7O. The number of carbonyl (C=O) groups is 1. The van der Waals surface area contributed by atoms with Crippen molar-refractivity contribution in [2.75, 3.05) is 26.2 Å². The van der Waals surface area contributed by atoms with Crippen molar-refractivity contribution in [3.05, 3.63) is 71.8 Å². The van der Waals surface area contributed by atoms with Crippen LogP contribution < -0.4 is 0 Å². The lowest BCUT2D eigenvalue weighted by Crippen LogP contribution is -2.49. The number of imidazole rings is 2. The quantitative estimate of drug-likeness (QED) is 0.430. The monoisotopic (exact) mass is 529 g/mol. The molecule has 2 N–H and O–H groups in total. The molecule has 0 atom stereocenters. The summed E-state index contributed by atoms with van der Waals surface area (Å²) in [7, 11) is 0. The van der Waals surface area contributed by atoms with E-state index in [-0.39, 0.29) is 5.91 Å². The molecule has 1 aliphatic carbocycles. The average molecular weight is 530 g/mol. The highest BCUT2D eigenvalue weighted by Crippen LogP contribution is 2.42. The number of aromatic nitrogens is 4. The summed E-state index contributed by atoms with van der Waals surface area (Å²) in [6, 6.07) is 9.06. The Morgan fingerprint density at radius 2 is 1.44 bits per heavy atom. The van der Waals surface area contributed by atoms with Gasteiger partial charge in [-0.1, -0.05) is 31.4 Å². The predicted molar refractivity (Wildman–Crippen MR) is 152 cm³/mol. The van der Waals surface area contributed by atoms with Crippen molar-refractivity contribution in [1.29, 1.82) is 0 Å². The van der Waals surface area contributed by atoms with Crippen LogP contribution in [0.5, 0.6) is 0 Å². The Bertz CT molecular complexity index is 1110. The van der Waals surface area contributed by atoms with Gasteiger partial charge in [-0.05, 0) is 87.8 Å². The molecule has 0 unspecified atom stereocenters. The molecule has 4 heterocycles. The molecule has 2 aromatic heterocycles. The Morgan fingerprint density at radius 1 is 0.846 bits per heavy atom. The van der Waals surface area contributed by atoms with Gasteiger partial charge in [-0.3, -0.25) is 9.69 Å². The number of H-pyrrole nitrogens is 2. The summed E-state index contributed by atoms with van der Waals surface area (Å²) in [6.45, 7) is 6.77. The third kappa shape index (κ3) is 6.44. The highest BCUT2D eigenvalue weighted by Gasteiger charge is 2.38. The van der Waals surface area contributed by atoms with Crippen molar-refractivity contribution >= 4 is 5.91 Å². The van der Waals surface area contributed by atoms with Crippen molar-refractivity contribution in [1.82, 2.24) is 34.6 Å². The normalized spacial score (nSPS) is 20.8. The molecule has 3 aromatic rings. The zero-order chi connectivity index (χ0) is 26.5. The molecule has 8 nitrogen and oxygen atoms in total. The van der Waals surface area contributed by atoms with Gasteiger partial charge in [0.2, 0.25) is 0 Å². The smallest absolute Gasteiger partial charge is 0.254 e. The van der Waals surface area contributed by atoms with Crippen LogP contribution in [0.15, 0.2) is 49.1 Å². The van der Waals surface area contributed by atoms with E-state index in [9.17, 15) is 4.79 Å². The Hall–Kier alpha value is -2.97.